The predicted octanol–water partition coefficient (Wildman–Crippen LogP) is 4.62. The molecule has 162 valence electrons. The molecule has 1 aromatic heterocycles. The molecule has 0 spiro atoms. The van der Waals surface area contributed by atoms with E-state index in [1.54, 1.807) is 12.4 Å². The first-order valence-electron chi connectivity index (χ1n) is 10.8. The molecule has 31 heavy (non-hydrogen) atoms. The second-order valence-electron chi connectivity index (χ2n) is 8.40. The summed E-state index contributed by atoms with van der Waals surface area (Å²) in [5.74, 6) is 1.20. The van der Waals surface area contributed by atoms with Crippen molar-refractivity contribution in [3.63, 3.8) is 0 Å². The highest BCUT2D eigenvalue weighted by atomic mass is 35.5. The van der Waals surface area contributed by atoms with Crippen molar-refractivity contribution < 1.29 is 4.79 Å². The first-order chi connectivity index (χ1) is 14.9. The number of carbonyl (C=O) groups excluding carboxylic acids is 1. The number of nitrogens with one attached hydrogen (secondary N) is 1. The van der Waals surface area contributed by atoms with E-state index in [0.717, 1.165) is 42.0 Å². The monoisotopic (exact) mass is 437 g/mol. The van der Waals surface area contributed by atoms with E-state index in [-0.39, 0.29) is 18.1 Å². The Morgan fingerprint density at radius 2 is 2.10 bits per heavy atom. The van der Waals surface area contributed by atoms with Crippen molar-refractivity contribution in [1.29, 1.82) is 0 Å². The number of amides is 1. The zero-order chi connectivity index (χ0) is 22.0. The van der Waals surface area contributed by atoms with Gasteiger partial charge in [-0.25, -0.2) is 4.98 Å². The minimum atomic E-state index is -0.0990. The summed E-state index contributed by atoms with van der Waals surface area (Å²) in [6.45, 7) is 7.56. The van der Waals surface area contributed by atoms with E-state index in [1.807, 2.05) is 49.1 Å². The van der Waals surface area contributed by atoms with E-state index in [0.29, 0.717) is 23.0 Å². The third-order valence-electron chi connectivity index (χ3n) is 6.02. The average Bonchev–Trinajstić information content (AvgIpc) is 3.19. The summed E-state index contributed by atoms with van der Waals surface area (Å²) in [7, 11) is 0. The van der Waals surface area contributed by atoms with E-state index in [9.17, 15) is 4.79 Å². The quantitative estimate of drug-likeness (QED) is 0.742. The van der Waals surface area contributed by atoms with Crippen molar-refractivity contribution >= 4 is 35.3 Å². The lowest BCUT2D eigenvalue weighted by molar-refractivity contribution is 0.0540. The summed E-state index contributed by atoms with van der Waals surface area (Å²) in [4.78, 5) is 29.1. The van der Waals surface area contributed by atoms with Crippen LogP contribution >= 0.6 is 11.6 Å². The van der Waals surface area contributed by atoms with Gasteiger partial charge in [-0.3, -0.25) is 14.8 Å². The Bertz CT molecular complexity index is 1020. The van der Waals surface area contributed by atoms with Crippen molar-refractivity contribution in [2.75, 3.05) is 18.4 Å². The van der Waals surface area contributed by atoms with Gasteiger partial charge in [0.25, 0.3) is 5.91 Å². The van der Waals surface area contributed by atoms with Crippen molar-refractivity contribution in [2.45, 2.75) is 45.8 Å². The van der Waals surface area contributed by atoms with Crippen LogP contribution in [-0.2, 0) is 0 Å². The fourth-order valence-electron chi connectivity index (χ4n) is 4.30. The molecule has 3 atom stereocenters. The van der Waals surface area contributed by atoms with E-state index in [1.165, 1.54) is 0 Å². The molecule has 1 aromatic carbocycles. The maximum atomic E-state index is 13.8. The SMILES string of the molecule is Cc1ccc(C2=NC(C)N=C2)c(C(=O)N2CCC[C@@H](C)C2CNc2ccc(Cl)cn2)c1. The normalized spacial score (nSPS) is 23.0. The molecule has 0 saturated carbocycles. The lowest BCUT2D eigenvalue weighted by Gasteiger charge is -2.40. The topological polar surface area (TPSA) is 70.0 Å². The maximum absolute atomic E-state index is 13.8. The third-order valence-corrected chi connectivity index (χ3v) is 6.24. The Kier molecular flexibility index (Phi) is 6.37. The van der Waals surface area contributed by atoms with Gasteiger partial charge in [0.15, 0.2) is 0 Å². The number of pyridine rings is 1. The lowest BCUT2D eigenvalue weighted by atomic mass is 9.89. The Morgan fingerprint density at radius 1 is 1.26 bits per heavy atom. The van der Waals surface area contributed by atoms with Crippen molar-refractivity contribution in [3.8, 4) is 0 Å². The molecule has 1 amide bonds. The van der Waals surface area contributed by atoms with E-state index < -0.39 is 0 Å². The highest BCUT2D eigenvalue weighted by Gasteiger charge is 2.33. The van der Waals surface area contributed by atoms with Crippen LogP contribution < -0.4 is 5.32 Å². The molecule has 0 aliphatic carbocycles. The summed E-state index contributed by atoms with van der Waals surface area (Å²) in [6, 6.07) is 9.74. The van der Waals surface area contributed by atoms with Crippen LogP contribution in [0, 0.1) is 12.8 Å². The Labute approximate surface area is 188 Å². The number of aliphatic imine (C=N–C) groups is 2. The number of benzene rings is 1. The number of halogens is 1. The van der Waals surface area contributed by atoms with Crippen LogP contribution in [0.15, 0.2) is 46.5 Å². The highest BCUT2D eigenvalue weighted by Crippen LogP contribution is 2.27. The third kappa shape index (κ3) is 4.79. The number of anilines is 1. The van der Waals surface area contributed by atoms with Crippen LogP contribution in [0.3, 0.4) is 0 Å². The molecule has 6 nitrogen and oxygen atoms in total. The van der Waals surface area contributed by atoms with Crippen LogP contribution in [0.5, 0.6) is 0 Å². The van der Waals surface area contributed by atoms with Crippen LogP contribution in [-0.4, -0.2) is 53.0 Å². The fraction of sp³-hybridized carbons (Fsp3) is 0.417. The second kappa shape index (κ2) is 9.18. The Balaban J connectivity index is 1.60. The largest absolute Gasteiger partial charge is 0.368 e. The number of hydrogen-bond donors (Lipinski definition) is 1. The number of carbonyl (C=O) groups is 1. The van der Waals surface area contributed by atoms with E-state index in [2.05, 4.69) is 27.2 Å². The summed E-state index contributed by atoms with van der Waals surface area (Å²) in [5.41, 5.74) is 3.39. The summed E-state index contributed by atoms with van der Waals surface area (Å²) in [5, 5.41) is 3.99. The van der Waals surface area contributed by atoms with Gasteiger partial charge in [0.1, 0.15) is 12.0 Å². The van der Waals surface area contributed by atoms with E-state index in [4.69, 9.17) is 11.6 Å². The van der Waals surface area contributed by atoms with Crippen LogP contribution in [0.4, 0.5) is 5.82 Å². The van der Waals surface area contributed by atoms with Gasteiger partial charge in [0.2, 0.25) is 0 Å². The van der Waals surface area contributed by atoms with Gasteiger partial charge >= 0.3 is 0 Å². The maximum Gasteiger partial charge on any atom is 0.254 e. The molecule has 0 bridgehead atoms. The minimum Gasteiger partial charge on any atom is -0.368 e. The molecular weight excluding hydrogens is 410 g/mol. The Hall–Kier alpha value is -2.73. The number of hydrogen-bond acceptors (Lipinski definition) is 5. The molecule has 2 aliphatic heterocycles. The molecule has 1 saturated heterocycles. The molecule has 4 rings (SSSR count). The van der Waals surface area contributed by atoms with Crippen LogP contribution in [0.25, 0.3) is 0 Å². The van der Waals surface area contributed by atoms with Gasteiger partial charge in [0.05, 0.1) is 16.8 Å². The van der Waals surface area contributed by atoms with Gasteiger partial charge < -0.3 is 10.2 Å². The fourth-order valence-corrected chi connectivity index (χ4v) is 4.41. The first-order valence-corrected chi connectivity index (χ1v) is 11.2. The van der Waals surface area contributed by atoms with Gasteiger partial charge in [-0.15, -0.1) is 0 Å². The number of aromatic nitrogens is 1. The molecule has 1 N–H and O–H groups in total. The van der Waals surface area contributed by atoms with Crippen molar-refractivity contribution in [1.82, 2.24) is 9.88 Å². The van der Waals surface area contributed by atoms with Gasteiger partial charge in [-0.1, -0.05) is 36.2 Å². The van der Waals surface area contributed by atoms with Crippen molar-refractivity contribution in [2.24, 2.45) is 15.9 Å². The minimum absolute atomic E-state index is 0.0526. The molecule has 0 radical (unpaired) electrons. The van der Waals surface area contributed by atoms with Crippen LogP contribution in [0.2, 0.25) is 5.02 Å². The number of rotatable bonds is 5. The predicted molar refractivity (Wildman–Crippen MR) is 127 cm³/mol. The standard InChI is InChI=1S/C24H28ClN5O/c1-15-6-8-19(21-13-26-17(3)29-21)20(11-15)24(31)30-10-4-5-16(2)22(30)14-28-23-9-7-18(25)12-27-23/h6-9,11-13,16-17,22H,4-5,10,14H2,1-3H3,(H,27,28)/t16-,17?,22?/m1/s1. The number of likely N-dealkylation sites (tertiary alicyclic amines) is 1. The van der Waals surface area contributed by atoms with E-state index >= 15 is 0 Å². The molecule has 2 aromatic rings. The number of piperidine rings is 1. The van der Waals surface area contributed by atoms with Crippen molar-refractivity contribution in [3.05, 3.63) is 58.2 Å². The zero-order valence-corrected chi connectivity index (χ0v) is 18.9. The zero-order valence-electron chi connectivity index (χ0n) is 18.2. The Morgan fingerprint density at radius 3 is 2.81 bits per heavy atom. The average molecular weight is 438 g/mol. The number of nitrogens with zero attached hydrogens (tertiary/aromatic N) is 4. The summed E-state index contributed by atoms with van der Waals surface area (Å²) >= 11 is 5.94. The second-order valence-corrected chi connectivity index (χ2v) is 8.84. The molecule has 2 unspecified atom stereocenters. The number of aryl methyl sites for hydroxylation is 1. The summed E-state index contributed by atoms with van der Waals surface area (Å²) < 4.78 is 0. The van der Waals surface area contributed by atoms with Gasteiger partial charge in [-0.2, -0.15) is 0 Å². The molecular formula is C24H28ClN5O. The van der Waals surface area contributed by atoms with Crippen LogP contribution in [0.1, 0.15) is 48.2 Å². The molecule has 1 fully saturated rings. The lowest BCUT2D eigenvalue weighted by Crippen LogP contribution is -2.51. The highest BCUT2D eigenvalue weighted by molar-refractivity contribution is 6.40. The smallest absolute Gasteiger partial charge is 0.254 e. The van der Waals surface area contributed by atoms with Gasteiger partial charge in [0, 0.05) is 36.6 Å². The van der Waals surface area contributed by atoms with Gasteiger partial charge in [-0.05, 0) is 50.8 Å². The molecule has 3 heterocycles. The summed E-state index contributed by atoms with van der Waals surface area (Å²) in [6.07, 6.45) is 5.40. The molecule has 7 heteroatoms. The first kappa shape index (κ1) is 21.5. The molecule has 2 aliphatic rings.